The Hall–Kier alpha value is -2.91. The van der Waals surface area contributed by atoms with Crippen LogP contribution >= 0.6 is 12.6 Å². The average molecular weight is 436 g/mol. The van der Waals surface area contributed by atoms with Crippen LogP contribution in [-0.2, 0) is 28.8 Å². The number of carboxylic acid groups (broad SMARTS) is 1. The molecule has 29 heavy (non-hydrogen) atoms. The number of aliphatic hydroxyl groups is 1. The molecule has 4 atom stereocenters. The van der Waals surface area contributed by atoms with Crippen LogP contribution in [0, 0.1) is 0 Å². The van der Waals surface area contributed by atoms with Crippen molar-refractivity contribution in [3.63, 3.8) is 0 Å². The van der Waals surface area contributed by atoms with Crippen molar-refractivity contribution in [3.05, 3.63) is 0 Å². The van der Waals surface area contributed by atoms with Crippen LogP contribution in [0.4, 0.5) is 0 Å². The van der Waals surface area contributed by atoms with Gasteiger partial charge in [-0.2, -0.15) is 12.6 Å². The number of carbonyl (C=O) groups excluding carboxylic acids is 5. The molecule has 0 aromatic rings. The maximum absolute atomic E-state index is 12.3. The molecule has 0 aliphatic heterocycles. The molecule has 0 aromatic heterocycles. The zero-order valence-electron chi connectivity index (χ0n) is 15.2. The number of nitrogens with one attached hydrogen (secondary N) is 3. The average Bonchev–Trinajstić information content (AvgIpc) is 2.61. The van der Waals surface area contributed by atoms with Crippen molar-refractivity contribution in [3.8, 4) is 0 Å². The van der Waals surface area contributed by atoms with Crippen LogP contribution in [0.5, 0.6) is 0 Å². The topological polar surface area (TPSA) is 257 Å². The van der Waals surface area contributed by atoms with Crippen LogP contribution in [0.15, 0.2) is 0 Å². The molecule has 5 amide bonds. The van der Waals surface area contributed by atoms with Crippen LogP contribution in [0.25, 0.3) is 0 Å². The number of aliphatic hydroxyl groups excluding tert-OH is 1. The number of amides is 5. The molecule has 0 aliphatic rings. The number of hydrogen-bond acceptors (Lipinski definition) is 9. The van der Waals surface area contributed by atoms with Crippen molar-refractivity contribution in [2.24, 2.45) is 17.2 Å². The fourth-order valence-electron chi connectivity index (χ4n) is 1.92. The van der Waals surface area contributed by atoms with E-state index in [0.717, 1.165) is 0 Å². The van der Waals surface area contributed by atoms with E-state index in [4.69, 9.17) is 22.3 Å². The fourth-order valence-corrected chi connectivity index (χ4v) is 2.17. The number of primary amides is 2. The van der Waals surface area contributed by atoms with Crippen molar-refractivity contribution in [1.82, 2.24) is 16.0 Å². The molecule has 11 N–H and O–H groups in total. The molecule has 15 heteroatoms. The normalized spacial score (nSPS) is 14.6. The van der Waals surface area contributed by atoms with E-state index in [0.29, 0.717) is 0 Å². The Morgan fingerprint density at radius 3 is 1.66 bits per heavy atom. The van der Waals surface area contributed by atoms with Crippen molar-refractivity contribution in [1.29, 1.82) is 0 Å². The number of rotatable bonds is 13. The van der Waals surface area contributed by atoms with Crippen molar-refractivity contribution >= 4 is 48.1 Å². The predicted octanol–water partition coefficient (Wildman–Crippen LogP) is -5.47. The van der Waals surface area contributed by atoms with Crippen LogP contribution in [0.2, 0.25) is 0 Å². The van der Waals surface area contributed by atoms with Gasteiger partial charge >= 0.3 is 5.97 Å². The van der Waals surface area contributed by atoms with Gasteiger partial charge in [0, 0.05) is 5.75 Å². The SMILES string of the molecule is NC(=O)CC(N)C(=O)NC(CO)C(=O)NC(CC(N)=O)C(=O)NC(CS)C(=O)O. The molecule has 0 fully saturated rings. The number of thiol groups is 1. The lowest BCUT2D eigenvalue weighted by Crippen LogP contribution is -2.59. The van der Waals surface area contributed by atoms with E-state index < -0.39 is 79.1 Å². The Bertz CT molecular complexity index is 660. The van der Waals surface area contributed by atoms with Gasteiger partial charge in [0.15, 0.2) is 0 Å². The van der Waals surface area contributed by atoms with E-state index in [1.54, 1.807) is 0 Å². The number of nitrogens with two attached hydrogens (primary N) is 3. The first-order valence-electron chi connectivity index (χ1n) is 8.10. The molecule has 0 saturated heterocycles. The molecule has 0 bridgehead atoms. The van der Waals surface area contributed by atoms with E-state index in [-0.39, 0.29) is 5.75 Å². The number of hydrogen-bond donors (Lipinski definition) is 9. The molecule has 0 radical (unpaired) electrons. The Labute approximate surface area is 170 Å². The van der Waals surface area contributed by atoms with Gasteiger partial charge < -0.3 is 43.4 Å². The summed E-state index contributed by atoms with van der Waals surface area (Å²) < 4.78 is 0. The van der Waals surface area contributed by atoms with Gasteiger partial charge in [-0.15, -0.1) is 0 Å². The molecular weight excluding hydrogens is 412 g/mol. The molecule has 0 saturated carbocycles. The molecule has 0 aliphatic carbocycles. The summed E-state index contributed by atoms with van der Waals surface area (Å²) in [5.41, 5.74) is 15.4. The van der Waals surface area contributed by atoms with Gasteiger partial charge in [-0.25, -0.2) is 4.79 Å². The Morgan fingerprint density at radius 2 is 1.24 bits per heavy atom. The summed E-state index contributed by atoms with van der Waals surface area (Å²) >= 11 is 3.77. The Balaban J connectivity index is 5.19. The van der Waals surface area contributed by atoms with Gasteiger partial charge in [0.25, 0.3) is 0 Å². The number of aliphatic carboxylic acids is 1. The van der Waals surface area contributed by atoms with Gasteiger partial charge in [0.05, 0.1) is 25.5 Å². The lowest BCUT2D eigenvalue weighted by atomic mass is 10.1. The Kier molecular flexibility index (Phi) is 11.3. The van der Waals surface area contributed by atoms with Crippen molar-refractivity contribution in [2.45, 2.75) is 37.0 Å². The van der Waals surface area contributed by atoms with Crippen LogP contribution < -0.4 is 33.2 Å². The second-order valence-electron chi connectivity index (χ2n) is 5.83. The van der Waals surface area contributed by atoms with Crippen LogP contribution in [-0.4, -0.2) is 82.2 Å². The summed E-state index contributed by atoms with van der Waals surface area (Å²) in [4.78, 5) is 69.2. The highest BCUT2D eigenvalue weighted by molar-refractivity contribution is 7.80. The minimum Gasteiger partial charge on any atom is -0.480 e. The first kappa shape index (κ1) is 26.1. The molecule has 0 rings (SSSR count). The highest BCUT2D eigenvalue weighted by Crippen LogP contribution is 1.98. The summed E-state index contributed by atoms with van der Waals surface area (Å²) in [5, 5.41) is 24.4. The smallest absolute Gasteiger partial charge is 0.327 e. The Morgan fingerprint density at radius 1 is 0.793 bits per heavy atom. The predicted molar refractivity (Wildman–Crippen MR) is 100.0 cm³/mol. The first-order valence-corrected chi connectivity index (χ1v) is 8.73. The summed E-state index contributed by atoms with van der Waals surface area (Å²) in [7, 11) is 0. The molecule has 0 heterocycles. The van der Waals surface area contributed by atoms with Crippen molar-refractivity contribution in [2.75, 3.05) is 12.4 Å². The van der Waals surface area contributed by atoms with Gasteiger partial charge in [0.2, 0.25) is 29.5 Å². The third-order valence-electron chi connectivity index (χ3n) is 3.41. The fraction of sp³-hybridized carbons (Fsp3) is 0.571. The van der Waals surface area contributed by atoms with Gasteiger partial charge in [-0.1, -0.05) is 0 Å². The van der Waals surface area contributed by atoms with Gasteiger partial charge in [-0.05, 0) is 0 Å². The largest absolute Gasteiger partial charge is 0.480 e. The van der Waals surface area contributed by atoms with Crippen LogP contribution in [0.3, 0.4) is 0 Å². The van der Waals surface area contributed by atoms with Crippen molar-refractivity contribution < 1.29 is 39.0 Å². The molecule has 14 nitrogen and oxygen atoms in total. The second kappa shape index (κ2) is 12.5. The second-order valence-corrected chi connectivity index (χ2v) is 6.20. The third-order valence-corrected chi connectivity index (χ3v) is 3.77. The zero-order valence-corrected chi connectivity index (χ0v) is 16.1. The standard InChI is InChI=1S/C14H24N6O8S/c15-5(1-9(16)22)11(24)19-7(3-21)13(26)18-6(2-10(17)23)12(25)20-8(4-29)14(27)28/h5-8,21,29H,1-4,15H2,(H2,16,22)(H2,17,23)(H,18,26)(H,19,24)(H,20,25)(H,27,28). The number of carbonyl (C=O) groups is 6. The van der Waals surface area contributed by atoms with E-state index in [2.05, 4.69) is 28.6 Å². The molecule has 164 valence electrons. The summed E-state index contributed by atoms with van der Waals surface area (Å²) in [6.45, 7) is -0.917. The lowest BCUT2D eigenvalue weighted by molar-refractivity contribution is -0.141. The van der Waals surface area contributed by atoms with Crippen LogP contribution in [0.1, 0.15) is 12.8 Å². The minimum atomic E-state index is -1.59. The van der Waals surface area contributed by atoms with E-state index in [1.807, 2.05) is 0 Å². The zero-order chi connectivity index (χ0) is 22.7. The highest BCUT2D eigenvalue weighted by Gasteiger charge is 2.30. The first-order chi connectivity index (χ1) is 13.4. The van der Waals surface area contributed by atoms with E-state index in [9.17, 15) is 33.9 Å². The lowest BCUT2D eigenvalue weighted by Gasteiger charge is -2.23. The van der Waals surface area contributed by atoms with Gasteiger partial charge in [0.1, 0.15) is 18.1 Å². The summed E-state index contributed by atoms with van der Waals surface area (Å²) in [6.07, 6.45) is -1.21. The maximum Gasteiger partial charge on any atom is 0.327 e. The quantitative estimate of drug-likeness (QED) is 0.125. The number of carboxylic acids is 1. The summed E-state index contributed by atoms with van der Waals surface area (Å²) in [6, 6.07) is -5.97. The highest BCUT2D eigenvalue weighted by atomic mass is 32.1. The monoisotopic (exact) mass is 436 g/mol. The van der Waals surface area contributed by atoms with Gasteiger partial charge in [-0.3, -0.25) is 24.0 Å². The minimum absolute atomic E-state index is 0.272. The molecule has 0 aromatic carbocycles. The molecule has 0 spiro atoms. The van der Waals surface area contributed by atoms with E-state index in [1.165, 1.54) is 0 Å². The summed E-state index contributed by atoms with van der Waals surface area (Å²) in [5.74, 6) is -6.65. The third kappa shape index (κ3) is 9.72. The van der Waals surface area contributed by atoms with E-state index >= 15 is 0 Å². The molecule has 4 unspecified atom stereocenters. The molecular formula is C14H24N6O8S. The maximum atomic E-state index is 12.3.